The number of sulfonamides is 1. The number of ether oxygens (including phenoxy) is 1. The number of piperidine rings is 1. The zero-order chi connectivity index (χ0) is 23.6. The zero-order valence-corrected chi connectivity index (χ0v) is 19.9. The van der Waals surface area contributed by atoms with E-state index in [1.165, 1.54) is 41.0 Å². The standard InChI is InChI=1S/C23H24FN3O4S2/c1-15-6-7-17(13-21(15)33(29,30)27-10-4-3-5-11-27)22(28)26-23-25-19(14-32-23)16-8-9-20(31-2)18(24)12-16/h6-9,12-14H,3-5,10-11H2,1-2H3,(H,25,26,28). The molecule has 4 rings (SSSR count). The fourth-order valence-electron chi connectivity index (χ4n) is 3.72. The number of carbonyl (C=O) groups excluding carboxylic acids is 1. The van der Waals surface area contributed by atoms with Crippen molar-refractivity contribution < 1.29 is 22.3 Å². The van der Waals surface area contributed by atoms with E-state index in [0.29, 0.717) is 35.0 Å². The van der Waals surface area contributed by atoms with Gasteiger partial charge in [-0.1, -0.05) is 12.5 Å². The molecule has 0 aliphatic carbocycles. The minimum Gasteiger partial charge on any atom is -0.494 e. The summed E-state index contributed by atoms with van der Waals surface area (Å²) in [5, 5.41) is 4.74. The van der Waals surface area contributed by atoms with Gasteiger partial charge in [-0.15, -0.1) is 11.3 Å². The second-order valence-electron chi connectivity index (χ2n) is 7.79. The molecule has 3 aromatic rings. The first-order valence-electron chi connectivity index (χ1n) is 10.5. The summed E-state index contributed by atoms with van der Waals surface area (Å²) < 4.78 is 46.7. The molecule has 2 aromatic carbocycles. The highest BCUT2D eigenvalue weighted by Gasteiger charge is 2.28. The molecule has 174 valence electrons. The summed E-state index contributed by atoms with van der Waals surface area (Å²) in [5.74, 6) is -0.834. The van der Waals surface area contributed by atoms with E-state index in [4.69, 9.17) is 4.74 Å². The molecule has 2 heterocycles. The predicted molar refractivity (Wildman–Crippen MR) is 126 cm³/mol. The highest BCUT2D eigenvalue weighted by molar-refractivity contribution is 7.89. The van der Waals surface area contributed by atoms with Crippen molar-refractivity contribution in [3.8, 4) is 17.0 Å². The van der Waals surface area contributed by atoms with Crippen LogP contribution in [-0.2, 0) is 10.0 Å². The minimum absolute atomic E-state index is 0.136. The second kappa shape index (κ2) is 9.58. The molecular formula is C23H24FN3O4S2. The lowest BCUT2D eigenvalue weighted by atomic mass is 10.1. The van der Waals surface area contributed by atoms with Crippen LogP contribution >= 0.6 is 11.3 Å². The number of methoxy groups -OCH3 is 1. The Kier molecular flexibility index (Phi) is 6.78. The highest BCUT2D eigenvalue weighted by Crippen LogP contribution is 2.29. The molecule has 1 aliphatic heterocycles. The molecule has 33 heavy (non-hydrogen) atoms. The lowest BCUT2D eigenvalue weighted by Crippen LogP contribution is -2.36. The largest absolute Gasteiger partial charge is 0.494 e. The van der Waals surface area contributed by atoms with Gasteiger partial charge in [0.05, 0.1) is 17.7 Å². The van der Waals surface area contributed by atoms with Crippen LogP contribution in [0.25, 0.3) is 11.3 Å². The van der Waals surface area contributed by atoms with Crippen LogP contribution in [0, 0.1) is 12.7 Å². The number of amides is 1. The van der Waals surface area contributed by atoms with E-state index in [1.54, 1.807) is 30.5 Å². The molecule has 0 unspecified atom stereocenters. The Morgan fingerprint density at radius 2 is 1.91 bits per heavy atom. The molecule has 1 N–H and O–H groups in total. The SMILES string of the molecule is COc1ccc(-c2csc(NC(=O)c3ccc(C)c(S(=O)(=O)N4CCCCC4)c3)n2)cc1F. The van der Waals surface area contributed by atoms with Crippen molar-refractivity contribution in [3.63, 3.8) is 0 Å². The molecule has 1 aliphatic rings. The third-order valence-electron chi connectivity index (χ3n) is 5.56. The Labute approximate surface area is 196 Å². The first kappa shape index (κ1) is 23.3. The summed E-state index contributed by atoms with van der Waals surface area (Å²) in [4.78, 5) is 17.3. The Morgan fingerprint density at radius 3 is 2.61 bits per heavy atom. The summed E-state index contributed by atoms with van der Waals surface area (Å²) >= 11 is 1.20. The van der Waals surface area contributed by atoms with Crippen molar-refractivity contribution in [1.29, 1.82) is 0 Å². The molecule has 0 bridgehead atoms. The summed E-state index contributed by atoms with van der Waals surface area (Å²) in [6.07, 6.45) is 2.69. The van der Waals surface area contributed by atoms with Gasteiger partial charge in [0.15, 0.2) is 16.7 Å². The number of rotatable bonds is 6. The van der Waals surface area contributed by atoms with E-state index in [2.05, 4.69) is 10.3 Å². The quantitative estimate of drug-likeness (QED) is 0.543. The van der Waals surface area contributed by atoms with Gasteiger partial charge >= 0.3 is 0 Å². The molecule has 0 radical (unpaired) electrons. The topological polar surface area (TPSA) is 88.6 Å². The number of hydrogen-bond acceptors (Lipinski definition) is 6. The van der Waals surface area contributed by atoms with Gasteiger partial charge in [-0.3, -0.25) is 10.1 Å². The van der Waals surface area contributed by atoms with Crippen molar-refractivity contribution in [3.05, 3.63) is 58.7 Å². The minimum atomic E-state index is -3.67. The fourth-order valence-corrected chi connectivity index (χ4v) is 6.20. The van der Waals surface area contributed by atoms with Crippen LogP contribution in [0.5, 0.6) is 5.75 Å². The van der Waals surface area contributed by atoms with E-state index in [1.807, 2.05) is 0 Å². The van der Waals surface area contributed by atoms with Gasteiger partial charge in [0.2, 0.25) is 10.0 Å². The van der Waals surface area contributed by atoms with Crippen LogP contribution in [0.4, 0.5) is 9.52 Å². The van der Waals surface area contributed by atoms with Crippen molar-refractivity contribution in [2.24, 2.45) is 0 Å². The number of nitrogens with one attached hydrogen (secondary N) is 1. The lowest BCUT2D eigenvalue weighted by Gasteiger charge is -2.26. The number of aryl methyl sites for hydroxylation is 1. The third-order valence-corrected chi connectivity index (χ3v) is 8.35. The van der Waals surface area contributed by atoms with Gasteiger partial charge in [0.25, 0.3) is 5.91 Å². The molecule has 1 saturated heterocycles. The maximum absolute atomic E-state index is 14.0. The van der Waals surface area contributed by atoms with E-state index >= 15 is 0 Å². The van der Waals surface area contributed by atoms with Gasteiger partial charge in [-0.2, -0.15) is 4.31 Å². The summed E-state index contributed by atoms with van der Waals surface area (Å²) in [7, 11) is -2.28. The Hall–Kier alpha value is -2.82. The zero-order valence-electron chi connectivity index (χ0n) is 18.3. The highest BCUT2D eigenvalue weighted by atomic mass is 32.2. The van der Waals surface area contributed by atoms with E-state index in [-0.39, 0.29) is 16.2 Å². The molecule has 7 nitrogen and oxygen atoms in total. The first-order valence-corrected chi connectivity index (χ1v) is 12.8. The normalized spacial score (nSPS) is 14.8. The lowest BCUT2D eigenvalue weighted by molar-refractivity contribution is 0.102. The smallest absolute Gasteiger partial charge is 0.257 e. The number of thiazole rings is 1. The maximum Gasteiger partial charge on any atom is 0.257 e. The number of aromatic nitrogens is 1. The van der Waals surface area contributed by atoms with Crippen LogP contribution < -0.4 is 10.1 Å². The van der Waals surface area contributed by atoms with E-state index in [0.717, 1.165) is 19.3 Å². The predicted octanol–water partition coefficient (Wildman–Crippen LogP) is 4.69. The van der Waals surface area contributed by atoms with E-state index in [9.17, 15) is 17.6 Å². The summed E-state index contributed by atoms with van der Waals surface area (Å²) in [6.45, 7) is 2.71. The van der Waals surface area contributed by atoms with Gasteiger partial charge < -0.3 is 4.74 Å². The first-order chi connectivity index (χ1) is 15.8. The molecule has 1 aromatic heterocycles. The number of benzene rings is 2. The summed E-state index contributed by atoms with van der Waals surface area (Å²) in [5.41, 5.74) is 1.88. The van der Waals surface area contributed by atoms with Crippen LogP contribution in [0.15, 0.2) is 46.7 Å². The van der Waals surface area contributed by atoms with Crippen LogP contribution in [0.3, 0.4) is 0 Å². The monoisotopic (exact) mass is 489 g/mol. The van der Waals surface area contributed by atoms with Gasteiger partial charge in [0, 0.05) is 29.6 Å². The van der Waals surface area contributed by atoms with Gasteiger partial charge in [-0.05, 0) is 55.7 Å². The number of hydrogen-bond donors (Lipinski definition) is 1. The van der Waals surface area contributed by atoms with Gasteiger partial charge in [0.1, 0.15) is 0 Å². The molecule has 0 saturated carbocycles. The number of halogens is 1. The fraction of sp³-hybridized carbons (Fsp3) is 0.304. The Balaban J connectivity index is 1.54. The molecular weight excluding hydrogens is 465 g/mol. The average Bonchev–Trinajstić information content (AvgIpc) is 3.28. The van der Waals surface area contributed by atoms with Crippen LogP contribution in [0.1, 0.15) is 35.2 Å². The molecule has 10 heteroatoms. The van der Waals surface area contributed by atoms with Crippen molar-refractivity contribution in [2.75, 3.05) is 25.5 Å². The molecule has 0 spiro atoms. The molecule has 1 fully saturated rings. The maximum atomic E-state index is 14.0. The van der Waals surface area contributed by atoms with Crippen molar-refractivity contribution in [1.82, 2.24) is 9.29 Å². The van der Waals surface area contributed by atoms with Crippen molar-refractivity contribution >= 4 is 32.4 Å². The number of nitrogens with zero attached hydrogens (tertiary/aromatic N) is 2. The number of carbonyl (C=O) groups is 1. The van der Waals surface area contributed by atoms with Crippen molar-refractivity contribution in [2.45, 2.75) is 31.1 Å². The average molecular weight is 490 g/mol. The Bertz CT molecular complexity index is 1280. The molecule has 1 amide bonds. The van der Waals surface area contributed by atoms with Gasteiger partial charge in [-0.25, -0.2) is 17.8 Å². The second-order valence-corrected chi connectivity index (χ2v) is 10.6. The molecule has 0 atom stereocenters. The van der Waals surface area contributed by atoms with E-state index < -0.39 is 21.7 Å². The van der Waals surface area contributed by atoms with Crippen LogP contribution in [-0.4, -0.2) is 43.8 Å². The Morgan fingerprint density at radius 1 is 1.15 bits per heavy atom. The number of anilines is 1. The van der Waals surface area contributed by atoms with Crippen LogP contribution in [0.2, 0.25) is 0 Å². The third kappa shape index (κ3) is 4.92. The summed E-state index contributed by atoms with van der Waals surface area (Å²) in [6, 6.07) is 9.16.